The van der Waals surface area contributed by atoms with E-state index in [4.69, 9.17) is 38.0 Å². The van der Waals surface area contributed by atoms with Gasteiger partial charge in [-0.05, 0) is 132 Å². The second-order valence-electron chi connectivity index (χ2n) is 24.0. The molecule has 0 aliphatic heterocycles. The van der Waals surface area contributed by atoms with Gasteiger partial charge in [-0.15, -0.1) is 0 Å². The minimum Gasteiger partial charge on any atom is -0.494 e. The van der Waals surface area contributed by atoms with E-state index in [-0.39, 0.29) is 30.2 Å². The minimum atomic E-state index is -0.370. The van der Waals surface area contributed by atoms with E-state index in [1.807, 2.05) is 202 Å². The Balaban J connectivity index is 0.000000144. The number of aromatic amines is 5. The van der Waals surface area contributed by atoms with Crippen LogP contribution >= 0.6 is 15.9 Å². The molecular formula is C87H88BrN7O11. The van der Waals surface area contributed by atoms with Crippen molar-refractivity contribution in [3.05, 3.63) is 304 Å². The number of ether oxygens (including phenoxy) is 7. The lowest BCUT2D eigenvalue weighted by Crippen LogP contribution is -2.18. The highest BCUT2D eigenvalue weighted by Crippen LogP contribution is 2.42. The predicted octanol–water partition coefficient (Wildman–Crippen LogP) is 18.6. The maximum Gasteiger partial charge on any atom is 0.331 e. The van der Waals surface area contributed by atoms with Crippen LogP contribution in [0.2, 0.25) is 0 Å². The summed E-state index contributed by atoms with van der Waals surface area (Å²) in [6.07, 6.45) is 13.8. The lowest BCUT2D eigenvalue weighted by atomic mass is 9.87. The lowest BCUT2D eigenvalue weighted by molar-refractivity contribution is -0.150. The quantitative estimate of drug-likeness (QED) is 0.0137. The Labute approximate surface area is 625 Å². The molecule has 2 unspecified atom stereocenters. The highest BCUT2D eigenvalue weighted by Gasteiger charge is 2.26. The van der Waals surface area contributed by atoms with Crippen LogP contribution in [0.5, 0.6) is 28.7 Å². The fourth-order valence-corrected chi connectivity index (χ4v) is 13.4. The van der Waals surface area contributed by atoms with Crippen LogP contribution in [-0.4, -0.2) is 112 Å². The highest BCUT2D eigenvalue weighted by atomic mass is 79.9. The molecule has 0 fully saturated rings. The monoisotopic (exact) mass is 1490 g/mol. The first-order valence-corrected chi connectivity index (χ1v) is 35.5. The van der Waals surface area contributed by atoms with E-state index in [0.717, 1.165) is 128 Å². The Kier molecular flexibility index (Phi) is 27.8. The molecule has 0 bridgehead atoms. The van der Waals surface area contributed by atoms with E-state index in [9.17, 15) is 14.4 Å². The number of esters is 2. The molecule has 0 amide bonds. The van der Waals surface area contributed by atoms with Gasteiger partial charge in [0, 0.05) is 111 Å². The van der Waals surface area contributed by atoms with Crippen LogP contribution < -0.4 is 34.5 Å². The zero-order valence-electron chi connectivity index (χ0n) is 60.8. The zero-order valence-corrected chi connectivity index (χ0v) is 62.4. The Bertz CT molecular complexity index is 5070. The first-order chi connectivity index (χ1) is 51.9. The van der Waals surface area contributed by atoms with Gasteiger partial charge in [0.15, 0.2) is 17.2 Å². The number of hydroxylamine groups is 1. The van der Waals surface area contributed by atoms with Crippen molar-refractivity contribution in [1.82, 2.24) is 35.7 Å². The van der Waals surface area contributed by atoms with Crippen molar-refractivity contribution in [2.75, 3.05) is 69.4 Å². The van der Waals surface area contributed by atoms with E-state index in [0.29, 0.717) is 30.6 Å². The van der Waals surface area contributed by atoms with Gasteiger partial charge in [0.25, 0.3) is 0 Å². The summed E-state index contributed by atoms with van der Waals surface area (Å²) in [4.78, 5) is 57.2. The van der Waals surface area contributed by atoms with Crippen molar-refractivity contribution in [2.24, 2.45) is 0 Å². The van der Waals surface area contributed by atoms with Crippen LogP contribution in [-0.2, 0) is 28.7 Å². The molecule has 18 nitrogen and oxygen atoms in total. The van der Waals surface area contributed by atoms with Gasteiger partial charge < -0.3 is 68.2 Å². The maximum atomic E-state index is 12.1. The molecular weight excluding hydrogens is 1400 g/mol. The number of H-pyrrole nitrogens is 5. The van der Waals surface area contributed by atoms with E-state index in [1.165, 1.54) is 28.7 Å². The minimum absolute atomic E-state index is 0.158. The molecule has 106 heavy (non-hydrogen) atoms. The number of benzene rings is 9. The Hall–Kier alpha value is -12.0. The SMILES string of the molecule is CCOC(=O)/C=C(/c1ccccc1)c1ccc2cc[nH]c2c1OC.CCOC(=O)C=C(c1ccccc1)c1ccc2cc[nH]c2c1OC.CNCCC(c1ccccc1)c1ccc2cc[nH]c2c1OC.CNOC(=O)CC(c1ccccc1)c1ccc2cc[nH]c2c1OC.COc1c(Br)ccc2cc[nH]c12. The molecule has 0 aliphatic rings. The highest BCUT2D eigenvalue weighted by molar-refractivity contribution is 9.10. The molecule has 0 saturated heterocycles. The molecule has 0 spiro atoms. The van der Waals surface area contributed by atoms with E-state index < -0.39 is 0 Å². The number of methoxy groups -OCH3 is 5. The number of aromatic nitrogens is 5. The molecule has 7 N–H and O–H groups in total. The van der Waals surface area contributed by atoms with Gasteiger partial charge in [-0.25, -0.2) is 9.59 Å². The van der Waals surface area contributed by atoms with Crippen molar-refractivity contribution in [2.45, 2.75) is 38.5 Å². The van der Waals surface area contributed by atoms with Crippen LogP contribution in [0.15, 0.2) is 260 Å². The normalized spacial score (nSPS) is 11.7. The molecule has 544 valence electrons. The van der Waals surface area contributed by atoms with Gasteiger partial charge in [-0.2, -0.15) is 5.48 Å². The summed E-state index contributed by atoms with van der Waals surface area (Å²) in [5.74, 6) is 3.07. The summed E-state index contributed by atoms with van der Waals surface area (Å²) < 4.78 is 39.1. The van der Waals surface area contributed by atoms with Gasteiger partial charge in [-0.1, -0.05) is 164 Å². The first-order valence-electron chi connectivity index (χ1n) is 34.8. The number of fused-ring (bicyclic) bond motifs is 5. The van der Waals surface area contributed by atoms with Crippen molar-refractivity contribution >= 4 is 99.5 Å². The average Bonchev–Trinajstić information content (AvgIpc) is 1.50. The van der Waals surface area contributed by atoms with Gasteiger partial charge in [0.05, 0.1) is 87.2 Å². The fourth-order valence-electron chi connectivity index (χ4n) is 12.9. The molecule has 0 aliphatic carbocycles. The van der Waals surface area contributed by atoms with Crippen LogP contribution in [0.25, 0.3) is 65.7 Å². The third kappa shape index (κ3) is 18.7. The Morgan fingerprint density at radius 2 is 0.745 bits per heavy atom. The van der Waals surface area contributed by atoms with E-state index >= 15 is 0 Å². The van der Waals surface area contributed by atoms with Crippen molar-refractivity contribution < 1.29 is 52.4 Å². The Morgan fingerprint density at radius 3 is 1.11 bits per heavy atom. The second-order valence-corrected chi connectivity index (χ2v) is 24.9. The van der Waals surface area contributed by atoms with Crippen molar-refractivity contribution in [3.63, 3.8) is 0 Å². The molecule has 5 heterocycles. The summed E-state index contributed by atoms with van der Waals surface area (Å²) >= 11 is 3.42. The Morgan fingerprint density at radius 1 is 0.406 bits per heavy atom. The topological polar surface area (TPSA) is 228 Å². The third-order valence-electron chi connectivity index (χ3n) is 17.7. The fraction of sp³-hybridized carbons (Fsp3) is 0.184. The summed E-state index contributed by atoms with van der Waals surface area (Å²) in [5.41, 5.74) is 16.9. The third-order valence-corrected chi connectivity index (χ3v) is 18.3. The first kappa shape index (κ1) is 76.6. The number of hydrogen-bond acceptors (Lipinski definition) is 13. The van der Waals surface area contributed by atoms with Crippen molar-refractivity contribution in [1.29, 1.82) is 0 Å². The number of carbonyl (C=O) groups excluding carboxylic acids is 3. The number of hydrogen-bond donors (Lipinski definition) is 7. The van der Waals surface area contributed by atoms with Gasteiger partial charge in [0.2, 0.25) is 0 Å². The van der Waals surface area contributed by atoms with Crippen LogP contribution in [0.1, 0.15) is 83.0 Å². The smallest absolute Gasteiger partial charge is 0.331 e. The average molecular weight is 1490 g/mol. The molecule has 0 radical (unpaired) electrons. The molecule has 0 saturated carbocycles. The summed E-state index contributed by atoms with van der Waals surface area (Å²) in [5, 5.41) is 8.78. The van der Waals surface area contributed by atoms with Gasteiger partial charge >= 0.3 is 17.9 Å². The number of halogens is 1. The molecule has 14 rings (SSSR count). The summed E-state index contributed by atoms with van der Waals surface area (Å²) in [6, 6.07) is 70.5. The van der Waals surface area contributed by atoms with E-state index in [2.05, 4.69) is 100 Å². The standard InChI is InChI=1S/2C20H19NO3.C19H20N2O3.C19H22N2O.C9H8BrNO/c2*1-3-24-18(22)13-17(14-7-5-4-6-8-14)16-10-9-15-11-12-21-19(15)20(16)23-2;1-20-24-17(22)12-16(13-6-4-3-5-7-13)15-9-8-14-10-11-21-18(14)19(15)23-2;1-20-12-11-16(14-6-4-3-5-7-14)17-9-8-15-10-13-21-18(15)19(17)22-2;1-12-9-7(10)3-2-6-4-5-11-8(6)9/h2*4-13,21H,3H2,1-2H3;3-11,16,20-21H,12H2,1-2H3;3-10,13,16,20-21H,11-12H2,1-2H3;2-5,11H,1H3/b17-13-;;;;. The lowest BCUT2D eigenvalue weighted by Gasteiger charge is -2.21. The summed E-state index contributed by atoms with van der Waals surface area (Å²) in [6.45, 7) is 5.22. The van der Waals surface area contributed by atoms with Gasteiger partial charge in [-0.3, -0.25) is 4.79 Å². The largest absolute Gasteiger partial charge is 0.494 e. The molecule has 19 heteroatoms. The molecule has 14 aromatic rings. The maximum absolute atomic E-state index is 12.1. The van der Waals surface area contributed by atoms with E-state index in [1.54, 1.807) is 56.4 Å². The van der Waals surface area contributed by atoms with Gasteiger partial charge in [0.1, 0.15) is 11.5 Å². The number of carbonyl (C=O) groups is 3. The summed E-state index contributed by atoms with van der Waals surface area (Å²) in [7, 11) is 11.9. The predicted molar refractivity (Wildman–Crippen MR) is 427 cm³/mol. The van der Waals surface area contributed by atoms with Crippen LogP contribution in [0, 0.1) is 0 Å². The zero-order chi connectivity index (χ0) is 74.7. The van der Waals surface area contributed by atoms with Crippen LogP contribution in [0.4, 0.5) is 0 Å². The molecule has 5 aromatic heterocycles. The number of nitrogens with one attached hydrogen (secondary N) is 7. The molecule has 2 atom stereocenters. The number of rotatable bonds is 23. The van der Waals surface area contributed by atoms with Crippen molar-refractivity contribution in [3.8, 4) is 28.7 Å². The second kappa shape index (κ2) is 38.5. The molecule has 9 aromatic carbocycles. The van der Waals surface area contributed by atoms with Crippen LogP contribution in [0.3, 0.4) is 0 Å².